The largest absolute Gasteiger partial charge is 0.477 e. The molecule has 0 aromatic heterocycles. The molecule has 0 bridgehead atoms. The summed E-state index contributed by atoms with van der Waals surface area (Å²) in [6.07, 6.45) is 0. The highest BCUT2D eigenvalue weighted by atomic mass is 35.5. The molecule has 0 aliphatic rings. The molecule has 0 amide bonds. The average Bonchev–Trinajstić information content (AvgIpc) is 2.08. The number of carboxylic acids is 1. The van der Waals surface area contributed by atoms with Crippen LogP contribution in [-0.2, 0) is 0 Å². The standard InChI is InChI=1S/C8H6ClNO4/c1-4-2-7(10(13)14)5(8(11)12)3-6(4)9/h2-3H,1H3,(H,11,12). The van der Waals surface area contributed by atoms with Gasteiger partial charge in [0.25, 0.3) is 5.69 Å². The van der Waals surface area contributed by atoms with E-state index in [0.717, 1.165) is 12.1 Å². The van der Waals surface area contributed by atoms with Crippen LogP contribution in [0.25, 0.3) is 0 Å². The van der Waals surface area contributed by atoms with Crippen molar-refractivity contribution in [2.75, 3.05) is 0 Å². The summed E-state index contributed by atoms with van der Waals surface area (Å²) in [5.41, 5.74) is -0.367. The SMILES string of the molecule is Cc1cc([N+](=O)[O-])c(C(=O)O)cc1Cl. The van der Waals surface area contributed by atoms with E-state index < -0.39 is 22.1 Å². The van der Waals surface area contributed by atoms with Gasteiger partial charge in [-0.3, -0.25) is 10.1 Å². The molecule has 0 aliphatic carbocycles. The van der Waals surface area contributed by atoms with Crippen LogP contribution in [0.5, 0.6) is 0 Å². The Hall–Kier alpha value is -1.62. The highest BCUT2D eigenvalue weighted by molar-refractivity contribution is 6.31. The predicted molar refractivity (Wildman–Crippen MR) is 49.8 cm³/mol. The van der Waals surface area contributed by atoms with E-state index in [1.54, 1.807) is 6.92 Å². The molecule has 0 heterocycles. The molecule has 74 valence electrons. The number of carbonyl (C=O) groups is 1. The molecular weight excluding hydrogens is 210 g/mol. The van der Waals surface area contributed by atoms with Gasteiger partial charge in [0.05, 0.1) is 4.92 Å². The number of halogens is 1. The Morgan fingerprint density at radius 1 is 1.57 bits per heavy atom. The second kappa shape index (κ2) is 3.63. The quantitative estimate of drug-likeness (QED) is 0.606. The van der Waals surface area contributed by atoms with E-state index >= 15 is 0 Å². The first kappa shape index (κ1) is 10.5. The summed E-state index contributed by atoms with van der Waals surface area (Å²) in [5, 5.41) is 19.4. The molecule has 0 fully saturated rings. The summed E-state index contributed by atoms with van der Waals surface area (Å²) in [4.78, 5) is 20.4. The van der Waals surface area contributed by atoms with E-state index in [4.69, 9.17) is 16.7 Å². The van der Waals surface area contributed by atoms with Gasteiger partial charge in [-0.05, 0) is 18.6 Å². The molecule has 0 radical (unpaired) electrons. The number of aromatic carboxylic acids is 1. The van der Waals surface area contributed by atoms with E-state index in [2.05, 4.69) is 0 Å². The Labute approximate surface area is 84.1 Å². The van der Waals surface area contributed by atoms with Crippen LogP contribution in [0, 0.1) is 17.0 Å². The molecule has 0 unspecified atom stereocenters. The Balaban J connectivity index is 3.46. The summed E-state index contributed by atoms with van der Waals surface area (Å²) in [5.74, 6) is -1.36. The maximum atomic E-state index is 10.6. The lowest BCUT2D eigenvalue weighted by Gasteiger charge is -2.01. The van der Waals surface area contributed by atoms with Gasteiger partial charge in [0.15, 0.2) is 0 Å². The van der Waals surface area contributed by atoms with Gasteiger partial charge in [-0.25, -0.2) is 4.79 Å². The molecule has 1 aromatic rings. The van der Waals surface area contributed by atoms with Crippen molar-refractivity contribution in [2.45, 2.75) is 6.92 Å². The van der Waals surface area contributed by atoms with Crippen molar-refractivity contribution < 1.29 is 14.8 Å². The van der Waals surface area contributed by atoms with Crippen molar-refractivity contribution in [2.24, 2.45) is 0 Å². The molecule has 5 nitrogen and oxygen atoms in total. The van der Waals surface area contributed by atoms with Crippen molar-refractivity contribution in [3.8, 4) is 0 Å². The highest BCUT2D eigenvalue weighted by Crippen LogP contribution is 2.26. The van der Waals surface area contributed by atoms with E-state index in [1.165, 1.54) is 0 Å². The number of aryl methyl sites for hydroxylation is 1. The van der Waals surface area contributed by atoms with Gasteiger partial charge >= 0.3 is 5.97 Å². The molecular formula is C8H6ClNO4. The van der Waals surface area contributed by atoms with Gasteiger partial charge < -0.3 is 5.11 Å². The maximum Gasteiger partial charge on any atom is 0.342 e. The van der Waals surface area contributed by atoms with Gasteiger partial charge in [-0.15, -0.1) is 0 Å². The normalized spacial score (nSPS) is 9.86. The molecule has 6 heteroatoms. The Kier molecular flexibility index (Phi) is 2.71. The lowest BCUT2D eigenvalue weighted by molar-refractivity contribution is -0.385. The molecule has 0 saturated heterocycles. The van der Waals surface area contributed by atoms with E-state index in [0.29, 0.717) is 5.56 Å². The van der Waals surface area contributed by atoms with Crippen molar-refractivity contribution in [3.05, 3.63) is 38.4 Å². The van der Waals surface area contributed by atoms with Crippen LogP contribution in [0.15, 0.2) is 12.1 Å². The molecule has 0 spiro atoms. The Bertz CT molecular complexity index is 377. The molecule has 0 atom stereocenters. The molecule has 1 N–H and O–H groups in total. The Morgan fingerprint density at radius 2 is 2.14 bits per heavy atom. The van der Waals surface area contributed by atoms with Crippen LogP contribution in [0.4, 0.5) is 5.69 Å². The third-order valence-corrected chi connectivity index (χ3v) is 2.11. The zero-order valence-corrected chi connectivity index (χ0v) is 7.91. The van der Waals surface area contributed by atoms with Crippen molar-refractivity contribution in [3.63, 3.8) is 0 Å². The number of benzene rings is 1. The third kappa shape index (κ3) is 1.82. The highest BCUT2D eigenvalue weighted by Gasteiger charge is 2.21. The summed E-state index contributed by atoms with van der Waals surface area (Å²) < 4.78 is 0. The fourth-order valence-corrected chi connectivity index (χ4v) is 1.15. The first-order valence-electron chi connectivity index (χ1n) is 3.61. The summed E-state index contributed by atoms with van der Waals surface area (Å²) in [6, 6.07) is 2.23. The number of nitro groups is 1. The predicted octanol–water partition coefficient (Wildman–Crippen LogP) is 2.25. The number of hydrogen-bond acceptors (Lipinski definition) is 3. The molecule has 14 heavy (non-hydrogen) atoms. The number of nitrogens with zero attached hydrogens (tertiary/aromatic N) is 1. The van der Waals surface area contributed by atoms with E-state index in [1.807, 2.05) is 0 Å². The topological polar surface area (TPSA) is 80.4 Å². The fourth-order valence-electron chi connectivity index (χ4n) is 0.989. The summed E-state index contributed by atoms with van der Waals surface area (Å²) in [7, 11) is 0. The van der Waals surface area contributed by atoms with Crippen LogP contribution < -0.4 is 0 Å². The maximum absolute atomic E-state index is 10.6. The van der Waals surface area contributed by atoms with Crippen LogP contribution >= 0.6 is 11.6 Å². The molecule has 1 aromatic carbocycles. The lowest BCUT2D eigenvalue weighted by Crippen LogP contribution is -2.03. The van der Waals surface area contributed by atoms with Gasteiger partial charge in [0.1, 0.15) is 5.56 Å². The van der Waals surface area contributed by atoms with Gasteiger partial charge in [-0.2, -0.15) is 0 Å². The lowest BCUT2D eigenvalue weighted by atomic mass is 10.1. The molecule has 0 aliphatic heterocycles. The smallest absolute Gasteiger partial charge is 0.342 e. The monoisotopic (exact) mass is 215 g/mol. The van der Waals surface area contributed by atoms with Gasteiger partial charge in [0, 0.05) is 11.1 Å². The van der Waals surface area contributed by atoms with Gasteiger partial charge in [0.2, 0.25) is 0 Å². The van der Waals surface area contributed by atoms with Gasteiger partial charge in [-0.1, -0.05) is 11.6 Å². The van der Waals surface area contributed by atoms with Crippen LogP contribution in [-0.4, -0.2) is 16.0 Å². The number of hydrogen-bond donors (Lipinski definition) is 1. The summed E-state index contributed by atoms with van der Waals surface area (Å²) in [6.45, 7) is 1.57. The summed E-state index contributed by atoms with van der Waals surface area (Å²) >= 11 is 5.65. The van der Waals surface area contributed by atoms with Crippen molar-refractivity contribution in [1.29, 1.82) is 0 Å². The van der Waals surface area contributed by atoms with E-state index in [9.17, 15) is 14.9 Å². The molecule has 1 rings (SSSR count). The van der Waals surface area contributed by atoms with E-state index in [-0.39, 0.29) is 5.02 Å². The average molecular weight is 216 g/mol. The fraction of sp³-hybridized carbons (Fsp3) is 0.125. The first-order valence-corrected chi connectivity index (χ1v) is 3.99. The third-order valence-electron chi connectivity index (χ3n) is 1.70. The van der Waals surface area contributed by atoms with Crippen molar-refractivity contribution in [1.82, 2.24) is 0 Å². The number of rotatable bonds is 2. The minimum absolute atomic E-state index is 0.202. The second-order valence-electron chi connectivity index (χ2n) is 2.68. The Morgan fingerprint density at radius 3 is 2.57 bits per heavy atom. The van der Waals surface area contributed by atoms with Crippen LogP contribution in [0.1, 0.15) is 15.9 Å². The zero-order valence-electron chi connectivity index (χ0n) is 7.15. The molecule has 0 saturated carbocycles. The minimum atomic E-state index is -1.36. The number of nitro benzene ring substituents is 1. The second-order valence-corrected chi connectivity index (χ2v) is 3.09. The van der Waals surface area contributed by atoms with Crippen molar-refractivity contribution >= 4 is 23.3 Å². The number of carboxylic acid groups (broad SMARTS) is 1. The minimum Gasteiger partial charge on any atom is -0.477 e. The van der Waals surface area contributed by atoms with Crippen LogP contribution in [0.3, 0.4) is 0 Å². The zero-order chi connectivity index (χ0) is 10.9. The first-order chi connectivity index (χ1) is 6.43. The van der Waals surface area contributed by atoms with Crippen LogP contribution in [0.2, 0.25) is 5.02 Å².